The molecule has 1 aromatic rings. The van der Waals surface area contributed by atoms with Crippen LogP contribution in [0.2, 0.25) is 0 Å². The van der Waals surface area contributed by atoms with E-state index < -0.39 is 0 Å². The molecule has 0 saturated carbocycles. The number of nitrogens with zero attached hydrogens (tertiary/aromatic N) is 2. The fourth-order valence-electron chi connectivity index (χ4n) is 1.41. The highest BCUT2D eigenvalue weighted by Crippen LogP contribution is 2.17. The van der Waals surface area contributed by atoms with Gasteiger partial charge in [-0.25, -0.2) is 9.37 Å². The molecule has 0 aliphatic carbocycles. The number of aromatic nitrogens is 1. The van der Waals surface area contributed by atoms with Crippen LogP contribution in [-0.2, 0) is 6.54 Å². The second-order valence-corrected chi connectivity index (χ2v) is 4.19. The second kappa shape index (κ2) is 5.80. The van der Waals surface area contributed by atoms with Crippen molar-refractivity contribution in [1.29, 1.82) is 0 Å². The zero-order chi connectivity index (χ0) is 12.1. The predicted octanol–water partition coefficient (Wildman–Crippen LogP) is 2.17. The van der Waals surface area contributed by atoms with Gasteiger partial charge in [0.15, 0.2) is 0 Å². The van der Waals surface area contributed by atoms with Crippen LogP contribution in [0.4, 0.5) is 10.2 Å². The molecule has 4 heteroatoms. The Kier molecular flexibility index (Phi) is 4.68. The van der Waals surface area contributed by atoms with E-state index in [4.69, 9.17) is 0 Å². The zero-order valence-corrected chi connectivity index (χ0v) is 10.4. The summed E-state index contributed by atoms with van der Waals surface area (Å²) in [4.78, 5) is 6.15. The maximum absolute atomic E-state index is 13.1. The first-order valence-corrected chi connectivity index (χ1v) is 5.63. The average Bonchev–Trinajstić information content (AvgIpc) is 2.25. The number of hydrogen-bond donors (Lipinski definition) is 1. The summed E-state index contributed by atoms with van der Waals surface area (Å²) in [6.45, 7) is 7.67. The third kappa shape index (κ3) is 3.45. The molecule has 90 valence electrons. The molecule has 1 N–H and O–H groups in total. The first kappa shape index (κ1) is 12.9. The lowest BCUT2D eigenvalue weighted by atomic mass is 10.2. The molecule has 0 radical (unpaired) electrons. The minimum atomic E-state index is -0.284. The van der Waals surface area contributed by atoms with Crippen LogP contribution in [0.5, 0.6) is 0 Å². The lowest BCUT2D eigenvalue weighted by Crippen LogP contribution is -2.25. The van der Waals surface area contributed by atoms with Gasteiger partial charge in [0.05, 0.1) is 6.20 Å². The van der Waals surface area contributed by atoms with Gasteiger partial charge >= 0.3 is 0 Å². The summed E-state index contributed by atoms with van der Waals surface area (Å²) < 4.78 is 13.1. The lowest BCUT2D eigenvalue weighted by molar-refractivity contribution is 0.577. The van der Waals surface area contributed by atoms with Gasteiger partial charge in [0, 0.05) is 31.7 Å². The zero-order valence-electron chi connectivity index (χ0n) is 10.4. The minimum absolute atomic E-state index is 0.284. The first-order chi connectivity index (χ1) is 7.54. The quantitative estimate of drug-likeness (QED) is 0.832. The number of anilines is 1. The highest BCUT2D eigenvalue weighted by Gasteiger charge is 2.09. The largest absolute Gasteiger partial charge is 0.360 e. The standard InChI is InChI=1S/C12H20FN3/c1-5-16(4)12-10(7-14-9(2)3)6-11(13)8-15-12/h6,8-9,14H,5,7H2,1-4H3. The number of rotatable bonds is 5. The molecule has 16 heavy (non-hydrogen) atoms. The van der Waals surface area contributed by atoms with E-state index in [1.54, 1.807) is 6.07 Å². The van der Waals surface area contributed by atoms with E-state index in [2.05, 4.69) is 24.1 Å². The summed E-state index contributed by atoms with van der Waals surface area (Å²) in [5.41, 5.74) is 0.901. The van der Waals surface area contributed by atoms with Crippen LogP contribution in [0.25, 0.3) is 0 Å². The summed E-state index contributed by atoms with van der Waals surface area (Å²) in [5.74, 6) is 0.561. The molecule has 0 aliphatic heterocycles. The third-order valence-electron chi connectivity index (χ3n) is 2.45. The van der Waals surface area contributed by atoms with Gasteiger partial charge in [-0.1, -0.05) is 13.8 Å². The lowest BCUT2D eigenvalue weighted by Gasteiger charge is -2.20. The molecule has 1 aromatic heterocycles. The fraction of sp³-hybridized carbons (Fsp3) is 0.583. The van der Waals surface area contributed by atoms with Gasteiger partial charge in [0.25, 0.3) is 0 Å². The van der Waals surface area contributed by atoms with Gasteiger partial charge in [-0.2, -0.15) is 0 Å². The van der Waals surface area contributed by atoms with E-state index in [0.29, 0.717) is 12.6 Å². The molecule has 0 bridgehead atoms. The average molecular weight is 225 g/mol. The van der Waals surface area contributed by atoms with Gasteiger partial charge in [0.2, 0.25) is 0 Å². The molecular formula is C12H20FN3. The highest BCUT2D eigenvalue weighted by atomic mass is 19.1. The van der Waals surface area contributed by atoms with Crippen molar-refractivity contribution in [2.45, 2.75) is 33.4 Å². The highest BCUT2D eigenvalue weighted by molar-refractivity contribution is 5.46. The summed E-state index contributed by atoms with van der Waals surface area (Å²) in [6, 6.07) is 1.92. The molecule has 0 spiro atoms. The molecule has 0 aliphatic rings. The Labute approximate surface area is 96.7 Å². The second-order valence-electron chi connectivity index (χ2n) is 4.19. The van der Waals surface area contributed by atoms with E-state index in [1.165, 1.54) is 6.20 Å². The van der Waals surface area contributed by atoms with Crippen LogP contribution in [0.3, 0.4) is 0 Å². The number of nitrogens with one attached hydrogen (secondary N) is 1. The Morgan fingerprint density at radius 2 is 2.19 bits per heavy atom. The Morgan fingerprint density at radius 1 is 1.50 bits per heavy atom. The van der Waals surface area contributed by atoms with Gasteiger partial charge in [-0.05, 0) is 13.0 Å². The van der Waals surface area contributed by atoms with Crippen LogP contribution < -0.4 is 10.2 Å². The Morgan fingerprint density at radius 3 is 2.75 bits per heavy atom. The van der Waals surface area contributed by atoms with Crippen molar-refractivity contribution in [3.8, 4) is 0 Å². The summed E-state index contributed by atoms with van der Waals surface area (Å²) >= 11 is 0. The monoisotopic (exact) mass is 225 g/mol. The van der Waals surface area contributed by atoms with Crippen molar-refractivity contribution in [3.05, 3.63) is 23.6 Å². The van der Waals surface area contributed by atoms with Crippen LogP contribution in [-0.4, -0.2) is 24.6 Å². The van der Waals surface area contributed by atoms with Crippen LogP contribution >= 0.6 is 0 Å². The molecule has 1 rings (SSSR count). The van der Waals surface area contributed by atoms with Crippen molar-refractivity contribution in [3.63, 3.8) is 0 Å². The Balaban J connectivity index is 2.89. The van der Waals surface area contributed by atoms with Crippen LogP contribution in [0.1, 0.15) is 26.3 Å². The molecule has 0 unspecified atom stereocenters. The summed E-state index contributed by atoms with van der Waals surface area (Å²) in [5, 5.41) is 3.28. The number of pyridine rings is 1. The van der Waals surface area contributed by atoms with Crippen molar-refractivity contribution in [1.82, 2.24) is 10.3 Å². The van der Waals surface area contributed by atoms with Gasteiger partial charge in [-0.15, -0.1) is 0 Å². The number of hydrogen-bond acceptors (Lipinski definition) is 3. The summed E-state index contributed by atoms with van der Waals surface area (Å²) in [7, 11) is 1.96. The van der Waals surface area contributed by atoms with Gasteiger partial charge in [0.1, 0.15) is 11.6 Å². The molecule has 1 heterocycles. The topological polar surface area (TPSA) is 28.2 Å². The third-order valence-corrected chi connectivity index (χ3v) is 2.45. The SMILES string of the molecule is CCN(C)c1ncc(F)cc1CNC(C)C. The van der Waals surface area contributed by atoms with Gasteiger partial charge in [-0.3, -0.25) is 0 Å². The van der Waals surface area contributed by atoms with Crippen LogP contribution in [0.15, 0.2) is 12.3 Å². The van der Waals surface area contributed by atoms with E-state index >= 15 is 0 Å². The summed E-state index contributed by atoms with van der Waals surface area (Å²) in [6.07, 6.45) is 1.26. The Bertz CT molecular complexity index is 339. The number of halogens is 1. The van der Waals surface area contributed by atoms with Crippen LogP contribution in [0, 0.1) is 5.82 Å². The molecule has 0 atom stereocenters. The smallest absolute Gasteiger partial charge is 0.141 e. The predicted molar refractivity (Wildman–Crippen MR) is 65.1 cm³/mol. The van der Waals surface area contributed by atoms with E-state index in [1.807, 2.05) is 18.9 Å². The maximum Gasteiger partial charge on any atom is 0.141 e. The van der Waals surface area contributed by atoms with E-state index in [-0.39, 0.29) is 5.82 Å². The van der Waals surface area contributed by atoms with Crippen molar-refractivity contribution < 1.29 is 4.39 Å². The molecular weight excluding hydrogens is 205 g/mol. The van der Waals surface area contributed by atoms with E-state index in [9.17, 15) is 4.39 Å². The molecule has 0 aromatic carbocycles. The molecule has 0 saturated heterocycles. The molecule has 0 fully saturated rings. The molecule has 3 nitrogen and oxygen atoms in total. The van der Waals surface area contributed by atoms with Crippen molar-refractivity contribution >= 4 is 5.82 Å². The normalized spacial score (nSPS) is 10.9. The fourth-order valence-corrected chi connectivity index (χ4v) is 1.41. The first-order valence-electron chi connectivity index (χ1n) is 5.63. The van der Waals surface area contributed by atoms with E-state index in [0.717, 1.165) is 17.9 Å². The maximum atomic E-state index is 13.1. The van der Waals surface area contributed by atoms with Gasteiger partial charge < -0.3 is 10.2 Å². The minimum Gasteiger partial charge on any atom is -0.360 e. The van der Waals surface area contributed by atoms with Crippen molar-refractivity contribution in [2.24, 2.45) is 0 Å². The molecule has 0 amide bonds. The van der Waals surface area contributed by atoms with Crippen molar-refractivity contribution in [2.75, 3.05) is 18.5 Å². The Hall–Kier alpha value is -1.16.